The van der Waals surface area contributed by atoms with Crippen LogP contribution in [-0.4, -0.2) is 50.8 Å². The maximum absolute atomic E-state index is 5.58. The molecule has 2 fully saturated rings. The first-order valence-corrected chi connectivity index (χ1v) is 6.19. The SMILES string of the molecule is CC1COCCN(CC2(C)CCNC2)C1.Cl. The van der Waals surface area contributed by atoms with Crippen LogP contribution in [0.15, 0.2) is 0 Å². The Hall–Kier alpha value is 0.170. The van der Waals surface area contributed by atoms with Crippen LogP contribution in [0.25, 0.3) is 0 Å². The zero-order valence-corrected chi connectivity index (χ0v) is 11.3. The quantitative estimate of drug-likeness (QED) is 0.799. The van der Waals surface area contributed by atoms with Gasteiger partial charge in [-0.1, -0.05) is 13.8 Å². The summed E-state index contributed by atoms with van der Waals surface area (Å²) in [6, 6.07) is 0. The molecule has 2 heterocycles. The molecule has 2 saturated heterocycles. The van der Waals surface area contributed by atoms with E-state index in [4.69, 9.17) is 4.74 Å². The first kappa shape index (κ1) is 14.2. The third-order valence-corrected chi connectivity index (χ3v) is 3.59. The van der Waals surface area contributed by atoms with Crippen molar-refractivity contribution in [1.29, 1.82) is 0 Å². The van der Waals surface area contributed by atoms with Crippen molar-refractivity contribution in [3.63, 3.8) is 0 Å². The van der Waals surface area contributed by atoms with Crippen molar-refractivity contribution in [2.24, 2.45) is 11.3 Å². The maximum atomic E-state index is 5.58. The van der Waals surface area contributed by atoms with Crippen LogP contribution in [0.4, 0.5) is 0 Å². The Morgan fingerprint density at radius 1 is 1.50 bits per heavy atom. The smallest absolute Gasteiger partial charge is 0.0593 e. The second kappa shape index (κ2) is 6.20. The second-order valence-electron chi connectivity index (χ2n) is 5.65. The zero-order valence-electron chi connectivity index (χ0n) is 10.5. The Bertz CT molecular complexity index is 207. The summed E-state index contributed by atoms with van der Waals surface area (Å²) in [7, 11) is 0. The summed E-state index contributed by atoms with van der Waals surface area (Å²) < 4.78 is 5.58. The Kier molecular flexibility index (Phi) is 5.51. The summed E-state index contributed by atoms with van der Waals surface area (Å²) in [6.45, 7) is 12.5. The van der Waals surface area contributed by atoms with Gasteiger partial charge in [0.15, 0.2) is 0 Å². The topological polar surface area (TPSA) is 24.5 Å². The Labute approximate surface area is 105 Å². The van der Waals surface area contributed by atoms with Crippen molar-refractivity contribution in [2.75, 3.05) is 45.9 Å². The van der Waals surface area contributed by atoms with E-state index in [1.807, 2.05) is 0 Å². The summed E-state index contributed by atoms with van der Waals surface area (Å²) in [5, 5.41) is 3.47. The van der Waals surface area contributed by atoms with Gasteiger partial charge in [0.1, 0.15) is 0 Å². The van der Waals surface area contributed by atoms with Gasteiger partial charge in [0, 0.05) is 26.2 Å². The van der Waals surface area contributed by atoms with Gasteiger partial charge in [-0.25, -0.2) is 0 Å². The molecule has 1 N–H and O–H groups in total. The molecule has 0 saturated carbocycles. The van der Waals surface area contributed by atoms with E-state index < -0.39 is 0 Å². The molecule has 0 aromatic heterocycles. The van der Waals surface area contributed by atoms with Gasteiger partial charge in [0.25, 0.3) is 0 Å². The molecule has 0 spiro atoms. The number of ether oxygens (including phenoxy) is 1. The van der Waals surface area contributed by atoms with E-state index in [1.165, 1.54) is 32.6 Å². The summed E-state index contributed by atoms with van der Waals surface area (Å²) in [5.74, 6) is 0.686. The number of nitrogens with zero attached hydrogens (tertiary/aromatic N) is 1. The molecule has 2 atom stereocenters. The summed E-state index contributed by atoms with van der Waals surface area (Å²) >= 11 is 0. The van der Waals surface area contributed by atoms with Crippen LogP contribution in [0.3, 0.4) is 0 Å². The van der Waals surface area contributed by atoms with E-state index >= 15 is 0 Å². The fourth-order valence-corrected chi connectivity index (χ4v) is 2.75. The lowest BCUT2D eigenvalue weighted by atomic mass is 9.89. The highest BCUT2D eigenvalue weighted by Crippen LogP contribution is 2.26. The highest BCUT2D eigenvalue weighted by Gasteiger charge is 2.31. The van der Waals surface area contributed by atoms with Crippen molar-refractivity contribution in [1.82, 2.24) is 10.2 Å². The predicted molar refractivity (Wildman–Crippen MR) is 69.3 cm³/mol. The van der Waals surface area contributed by atoms with Gasteiger partial charge < -0.3 is 15.0 Å². The molecule has 0 radical (unpaired) electrons. The van der Waals surface area contributed by atoms with Gasteiger partial charge in [-0.05, 0) is 24.3 Å². The van der Waals surface area contributed by atoms with Gasteiger partial charge in [0.05, 0.1) is 13.2 Å². The standard InChI is InChI=1S/C12H24N2O.ClH/c1-11-7-14(5-6-15-8-11)10-12(2)3-4-13-9-12;/h11,13H,3-10H2,1-2H3;1H. The minimum atomic E-state index is 0. The van der Waals surface area contributed by atoms with Crippen LogP contribution in [0.1, 0.15) is 20.3 Å². The molecule has 96 valence electrons. The van der Waals surface area contributed by atoms with Crippen LogP contribution in [0, 0.1) is 11.3 Å². The van der Waals surface area contributed by atoms with Crippen LogP contribution < -0.4 is 5.32 Å². The van der Waals surface area contributed by atoms with Crippen molar-refractivity contribution >= 4 is 12.4 Å². The molecule has 0 aromatic carbocycles. The van der Waals surface area contributed by atoms with Gasteiger partial charge in [-0.15, -0.1) is 12.4 Å². The molecule has 0 aliphatic carbocycles. The average molecular weight is 249 g/mol. The molecule has 4 heteroatoms. The lowest BCUT2D eigenvalue weighted by molar-refractivity contribution is 0.122. The van der Waals surface area contributed by atoms with Crippen LogP contribution in [0.5, 0.6) is 0 Å². The van der Waals surface area contributed by atoms with E-state index in [0.29, 0.717) is 11.3 Å². The zero-order chi connectivity index (χ0) is 10.7. The third-order valence-electron chi connectivity index (χ3n) is 3.59. The highest BCUT2D eigenvalue weighted by molar-refractivity contribution is 5.85. The van der Waals surface area contributed by atoms with E-state index in [2.05, 4.69) is 24.1 Å². The molecule has 2 aliphatic rings. The maximum Gasteiger partial charge on any atom is 0.0593 e. The Morgan fingerprint density at radius 2 is 2.31 bits per heavy atom. The highest BCUT2D eigenvalue weighted by atomic mass is 35.5. The van der Waals surface area contributed by atoms with Crippen molar-refractivity contribution in [3.8, 4) is 0 Å². The number of nitrogens with one attached hydrogen (secondary N) is 1. The lowest BCUT2D eigenvalue weighted by Gasteiger charge is -2.31. The molecular weight excluding hydrogens is 224 g/mol. The third kappa shape index (κ3) is 3.88. The molecular formula is C12H25ClN2O. The number of rotatable bonds is 2. The second-order valence-corrected chi connectivity index (χ2v) is 5.65. The normalized spacial score (nSPS) is 36.8. The van der Waals surface area contributed by atoms with E-state index in [-0.39, 0.29) is 12.4 Å². The Balaban J connectivity index is 0.00000128. The van der Waals surface area contributed by atoms with Crippen molar-refractivity contribution in [2.45, 2.75) is 20.3 Å². The number of hydrogen-bond acceptors (Lipinski definition) is 3. The minimum Gasteiger partial charge on any atom is -0.380 e. The van der Waals surface area contributed by atoms with Gasteiger partial charge in [-0.3, -0.25) is 0 Å². The molecule has 0 aromatic rings. The predicted octanol–water partition coefficient (Wildman–Crippen LogP) is 1.38. The van der Waals surface area contributed by atoms with E-state index in [0.717, 1.165) is 19.8 Å². The molecule has 2 aliphatic heterocycles. The molecule has 0 amide bonds. The van der Waals surface area contributed by atoms with Crippen molar-refractivity contribution < 1.29 is 4.74 Å². The van der Waals surface area contributed by atoms with E-state index in [1.54, 1.807) is 0 Å². The summed E-state index contributed by atoms with van der Waals surface area (Å²) in [4.78, 5) is 2.59. The van der Waals surface area contributed by atoms with Crippen LogP contribution >= 0.6 is 12.4 Å². The van der Waals surface area contributed by atoms with Crippen LogP contribution in [0.2, 0.25) is 0 Å². The molecule has 2 rings (SSSR count). The van der Waals surface area contributed by atoms with Gasteiger partial charge in [-0.2, -0.15) is 0 Å². The number of halogens is 1. The first-order chi connectivity index (χ1) is 7.18. The monoisotopic (exact) mass is 248 g/mol. The average Bonchev–Trinajstić information content (AvgIpc) is 2.49. The van der Waals surface area contributed by atoms with Gasteiger partial charge in [0.2, 0.25) is 0 Å². The molecule has 2 unspecified atom stereocenters. The summed E-state index contributed by atoms with van der Waals surface area (Å²) in [5.41, 5.74) is 0.490. The Morgan fingerprint density at radius 3 is 3.00 bits per heavy atom. The first-order valence-electron chi connectivity index (χ1n) is 6.19. The van der Waals surface area contributed by atoms with Crippen LogP contribution in [-0.2, 0) is 4.74 Å². The largest absolute Gasteiger partial charge is 0.380 e. The van der Waals surface area contributed by atoms with E-state index in [9.17, 15) is 0 Å². The van der Waals surface area contributed by atoms with Gasteiger partial charge >= 0.3 is 0 Å². The molecule has 3 nitrogen and oxygen atoms in total. The molecule has 16 heavy (non-hydrogen) atoms. The minimum absolute atomic E-state index is 0. The lowest BCUT2D eigenvalue weighted by Crippen LogP contribution is -2.39. The number of hydrogen-bond donors (Lipinski definition) is 1. The van der Waals surface area contributed by atoms with Crippen molar-refractivity contribution in [3.05, 3.63) is 0 Å². The fourth-order valence-electron chi connectivity index (χ4n) is 2.75. The fraction of sp³-hybridized carbons (Fsp3) is 1.00. The summed E-state index contributed by atoms with van der Waals surface area (Å²) in [6.07, 6.45) is 1.32. The molecule has 0 bridgehead atoms.